The molecule has 2 aliphatic heterocycles. The van der Waals surface area contributed by atoms with Crippen molar-refractivity contribution in [3.63, 3.8) is 0 Å². The highest BCUT2D eigenvalue weighted by molar-refractivity contribution is 7.86. The molecule has 6 heteroatoms. The van der Waals surface area contributed by atoms with Gasteiger partial charge in [0, 0.05) is 31.7 Å². The summed E-state index contributed by atoms with van der Waals surface area (Å²) in [7, 11) is -1.32. The molecular formula is C12H23N3O2S. The monoisotopic (exact) mass is 273 g/mol. The van der Waals surface area contributed by atoms with E-state index in [0.717, 1.165) is 38.8 Å². The number of rotatable bonds is 4. The van der Waals surface area contributed by atoms with Gasteiger partial charge in [0.25, 0.3) is 10.2 Å². The van der Waals surface area contributed by atoms with E-state index in [1.807, 2.05) is 7.05 Å². The minimum absolute atomic E-state index is 0.152. The van der Waals surface area contributed by atoms with Gasteiger partial charge in [-0.3, -0.25) is 0 Å². The van der Waals surface area contributed by atoms with Crippen molar-refractivity contribution < 1.29 is 8.42 Å². The Balaban J connectivity index is 1.77. The van der Waals surface area contributed by atoms with Crippen LogP contribution in [0, 0.1) is 5.92 Å². The fraction of sp³-hybridized carbons (Fsp3) is 1.00. The summed E-state index contributed by atoms with van der Waals surface area (Å²) < 4.78 is 29.0. The van der Waals surface area contributed by atoms with Gasteiger partial charge in [-0.2, -0.15) is 17.0 Å². The lowest BCUT2D eigenvalue weighted by Crippen LogP contribution is -2.50. The van der Waals surface area contributed by atoms with Crippen molar-refractivity contribution in [1.82, 2.24) is 13.9 Å². The molecule has 2 heterocycles. The van der Waals surface area contributed by atoms with Crippen LogP contribution in [0.15, 0.2) is 0 Å². The molecule has 0 aromatic carbocycles. The van der Waals surface area contributed by atoms with Crippen molar-refractivity contribution in [3.8, 4) is 0 Å². The highest BCUT2D eigenvalue weighted by Gasteiger charge is 2.47. The van der Waals surface area contributed by atoms with Gasteiger partial charge >= 0.3 is 0 Å². The Hall–Kier alpha value is -0.170. The first-order valence-electron chi connectivity index (χ1n) is 7.06. The summed E-state index contributed by atoms with van der Waals surface area (Å²) in [6, 6.07) is 0.440. The van der Waals surface area contributed by atoms with Gasteiger partial charge in [-0.15, -0.1) is 0 Å². The average Bonchev–Trinajstić information content (AvgIpc) is 3.04. The van der Waals surface area contributed by atoms with Gasteiger partial charge in [0.15, 0.2) is 0 Å². The molecule has 1 N–H and O–H groups in total. The zero-order valence-corrected chi connectivity index (χ0v) is 11.8. The second kappa shape index (κ2) is 4.74. The van der Waals surface area contributed by atoms with Gasteiger partial charge in [-0.05, 0) is 45.1 Å². The number of nitrogens with zero attached hydrogens (tertiary/aromatic N) is 2. The lowest BCUT2D eigenvalue weighted by molar-refractivity contribution is 0.284. The van der Waals surface area contributed by atoms with Crippen molar-refractivity contribution in [2.45, 2.75) is 44.2 Å². The Kier molecular flexibility index (Phi) is 3.38. The maximum Gasteiger partial charge on any atom is 0.282 e. The number of likely N-dealkylation sites (N-methyl/N-ethyl adjacent to an activating group) is 1. The molecular weight excluding hydrogens is 250 g/mol. The van der Waals surface area contributed by atoms with Crippen LogP contribution < -0.4 is 5.32 Å². The number of nitrogens with one attached hydrogen (secondary N) is 1. The van der Waals surface area contributed by atoms with Crippen LogP contribution in [-0.2, 0) is 10.2 Å². The van der Waals surface area contributed by atoms with Gasteiger partial charge in [0.2, 0.25) is 0 Å². The third-order valence-corrected chi connectivity index (χ3v) is 6.83. The smallest absolute Gasteiger partial charge is 0.282 e. The van der Waals surface area contributed by atoms with E-state index < -0.39 is 10.2 Å². The van der Waals surface area contributed by atoms with Crippen LogP contribution in [0.2, 0.25) is 0 Å². The summed E-state index contributed by atoms with van der Waals surface area (Å²) in [5, 5.41) is 3.11. The summed E-state index contributed by atoms with van der Waals surface area (Å²) in [6.45, 7) is 2.22. The van der Waals surface area contributed by atoms with Crippen LogP contribution >= 0.6 is 0 Å². The maximum atomic E-state index is 12.7. The second-order valence-corrected chi connectivity index (χ2v) is 7.71. The highest BCUT2D eigenvalue weighted by Crippen LogP contribution is 2.40. The normalized spacial score (nSPS) is 37.7. The molecule has 0 aromatic rings. The van der Waals surface area contributed by atoms with E-state index in [9.17, 15) is 8.42 Å². The predicted octanol–water partition coefficient (Wildman–Crippen LogP) is 0.399. The highest BCUT2D eigenvalue weighted by atomic mass is 32.2. The maximum absolute atomic E-state index is 12.7. The first-order valence-corrected chi connectivity index (χ1v) is 8.46. The molecule has 18 heavy (non-hydrogen) atoms. The minimum atomic E-state index is -3.21. The molecule has 1 saturated carbocycles. The van der Waals surface area contributed by atoms with Crippen LogP contribution in [-0.4, -0.2) is 55.8 Å². The quantitative estimate of drug-likeness (QED) is 0.806. The summed E-state index contributed by atoms with van der Waals surface area (Å²) in [5.41, 5.74) is 0. The molecule has 3 fully saturated rings. The van der Waals surface area contributed by atoms with E-state index in [-0.39, 0.29) is 12.1 Å². The lowest BCUT2D eigenvalue weighted by atomic mass is 10.1. The Labute approximate surface area is 110 Å². The summed E-state index contributed by atoms with van der Waals surface area (Å²) in [6.07, 6.45) is 5.35. The fourth-order valence-corrected chi connectivity index (χ4v) is 6.00. The Morgan fingerprint density at radius 1 is 1.22 bits per heavy atom. The summed E-state index contributed by atoms with van der Waals surface area (Å²) >= 11 is 0. The van der Waals surface area contributed by atoms with Gasteiger partial charge < -0.3 is 5.32 Å². The minimum Gasteiger partial charge on any atom is -0.318 e. The van der Waals surface area contributed by atoms with Gasteiger partial charge in [0.1, 0.15) is 0 Å². The van der Waals surface area contributed by atoms with Gasteiger partial charge in [0.05, 0.1) is 0 Å². The van der Waals surface area contributed by atoms with Crippen LogP contribution in [0.1, 0.15) is 32.1 Å². The third-order valence-electron chi connectivity index (χ3n) is 4.71. The van der Waals surface area contributed by atoms with Crippen LogP contribution in [0.3, 0.4) is 0 Å². The molecule has 0 spiro atoms. The fourth-order valence-electron chi connectivity index (χ4n) is 3.85. The van der Waals surface area contributed by atoms with Crippen LogP contribution in [0.4, 0.5) is 0 Å². The molecule has 104 valence electrons. The number of fused-ring (bicyclic) bond motifs is 2. The lowest BCUT2D eigenvalue weighted by Gasteiger charge is -2.33. The van der Waals surface area contributed by atoms with Crippen molar-refractivity contribution >= 4 is 10.2 Å². The standard InChI is InChI=1S/C12H23N3O2S/c1-13-8-12-3-2-6-14(12)18(16,17)15-9-10-4-5-11(15)7-10/h10-13H,2-9H2,1H3. The second-order valence-electron chi connectivity index (χ2n) is 5.87. The van der Waals surface area contributed by atoms with E-state index in [4.69, 9.17) is 0 Å². The van der Waals surface area contributed by atoms with Crippen LogP contribution in [0.5, 0.6) is 0 Å². The Morgan fingerprint density at radius 3 is 2.67 bits per heavy atom. The molecule has 0 radical (unpaired) electrons. The van der Waals surface area contributed by atoms with Crippen LogP contribution in [0.25, 0.3) is 0 Å². The van der Waals surface area contributed by atoms with Crippen molar-refractivity contribution in [1.29, 1.82) is 0 Å². The van der Waals surface area contributed by atoms with Gasteiger partial charge in [-0.25, -0.2) is 0 Å². The number of hydrogen-bond acceptors (Lipinski definition) is 3. The van der Waals surface area contributed by atoms with E-state index in [2.05, 4.69) is 5.32 Å². The number of piperidine rings is 1. The third kappa shape index (κ3) is 1.99. The van der Waals surface area contributed by atoms with E-state index >= 15 is 0 Å². The zero-order chi connectivity index (χ0) is 12.8. The van der Waals surface area contributed by atoms with Crippen molar-refractivity contribution in [3.05, 3.63) is 0 Å². The van der Waals surface area contributed by atoms with E-state index in [1.165, 1.54) is 6.42 Å². The topological polar surface area (TPSA) is 52.7 Å². The molecule has 1 aliphatic carbocycles. The molecule has 3 aliphatic rings. The van der Waals surface area contributed by atoms with E-state index in [1.54, 1.807) is 8.61 Å². The molecule has 5 nitrogen and oxygen atoms in total. The molecule has 0 amide bonds. The largest absolute Gasteiger partial charge is 0.318 e. The molecule has 2 saturated heterocycles. The summed E-state index contributed by atoms with van der Waals surface area (Å²) in [5.74, 6) is 0.620. The van der Waals surface area contributed by atoms with E-state index in [0.29, 0.717) is 12.5 Å². The SMILES string of the molecule is CNCC1CCCN1S(=O)(=O)N1CC2CCC1C2. The van der Waals surface area contributed by atoms with Gasteiger partial charge in [-0.1, -0.05) is 0 Å². The molecule has 0 aromatic heterocycles. The molecule has 3 unspecified atom stereocenters. The Bertz CT molecular complexity index is 412. The Morgan fingerprint density at radius 2 is 2.06 bits per heavy atom. The first-order chi connectivity index (χ1) is 8.63. The summed E-state index contributed by atoms with van der Waals surface area (Å²) in [4.78, 5) is 0. The zero-order valence-electron chi connectivity index (χ0n) is 11.0. The number of hydrogen-bond donors (Lipinski definition) is 1. The predicted molar refractivity (Wildman–Crippen MR) is 70.4 cm³/mol. The molecule has 2 bridgehead atoms. The average molecular weight is 273 g/mol. The first kappa shape index (κ1) is 12.8. The van der Waals surface area contributed by atoms with Crippen molar-refractivity contribution in [2.24, 2.45) is 5.92 Å². The molecule has 3 rings (SSSR count). The molecule has 3 atom stereocenters. The van der Waals surface area contributed by atoms with Crippen molar-refractivity contribution in [2.75, 3.05) is 26.7 Å².